The van der Waals surface area contributed by atoms with Gasteiger partial charge in [0, 0.05) is 5.04 Å². The number of ether oxygens (including phenoxy) is 1. The van der Waals surface area contributed by atoms with Crippen molar-refractivity contribution in [3.8, 4) is 0 Å². The molecule has 0 aromatic rings. The van der Waals surface area contributed by atoms with Crippen LogP contribution >= 0.6 is 0 Å². The van der Waals surface area contributed by atoms with Crippen LogP contribution < -0.4 is 0 Å². The molecule has 0 heterocycles. The van der Waals surface area contributed by atoms with E-state index >= 15 is 0 Å². The summed E-state index contributed by atoms with van der Waals surface area (Å²) in [5.41, 5.74) is 0. The summed E-state index contributed by atoms with van der Waals surface area (Å²) in [6.45, 7) is 4.83. The Morgan fingerprint density at radius 3 is 2.29 bits per heavy atom. The van der Waals surface area contributed by atoms with Crippen LogP contribution in [0.25, 0.3) is 0 Å². The largest absolute Gasteiger partial charge is 0.469 e. The van der Waals surface area contributed by atoms with Crippen LogP contribution in [-0.4, -0.2) is 21.8 Å². The van der Waals surface area contributed by atoms with Crippen LogP contribution in [0.4, 0.5) is 8.22 Å². The molecule has 0 amide bonds. The second-order valence-electron chi connectivity index (χ2n) is 5.96. The molecule has 0 N–H and O–H groups in total. The maximum atomic E-state index is 13.9. The SMILES string of the molecule is COC(=O)C1CCC1CC[Si](F)(F)C(C)(C)C. The fourth-order valence-corrected chi connectivity index (χ4v) is 3.60. The van der Waals surface area contributed by atoms with E-state index in [0.29, 0.717) is 6.42 Å². The van der Waals surface area contributed by atoms with Crippen LogP contribution in [-0.2, 0) is 9.53 Å². The first kappa shape index (κ1) is 14.6. The van der Waals surface area contributed by atoms with Crippen molar-refractivity contribution in [2.45, 2.75) is 51.1 Å². The molecule has 100 valence electrons. The molecule has 2 unspecified atom stereocenters. The van der Waals surface area contributed by atoms with E-state index in [1.165, 1.54) is 7.11 Å². The van der Waals surface area contributed by atoms with Crippen molar-refractivity contribution in [3.05, 3.63) is 0 Å². The van der Waals surface area contributed by atoms with Gasteiger partial charge in [0.15, 0.2) is 0 Å². The molecule has 1 rings (SSSR count). The van der Waals surface area contributed by atoms with Crippen molar-refractivity contribution in [1.29, 1.82) is 0 Å². The number of hydrogen-bond acceptors (Lipinski definition) is 2. The van der Waals surface area contributed by atoms with Crippen molar-refractivity contribution >= 4 is 14.7 Å². The summed E-state index contributed by atoms with van der Waals surface area (Å²) in [5, 5.41) is -0.877. The topological polar surface area (TPSA) is 26.3 Å². The third-order valence-corrected chi connectivity index (χ3v) is 6.96. The van der Waals surface area contributed by atoms with Gasteiger partial charge < -0.3 is 4.74 Å². The molecule has 0 aliphatic heterocycles. The number of halogens is 2. The summed E-state index contributed by atoms with van der Waals surface area (Å²) in [6.07, 6.45) is 2.14. The molecule has 0 aromatic heterocycles. The molecule has 0 bridgehead atoms. The highest BCUT2D eigenvalue weighted by atomic mass is 28.4. The van der Waals surface area contributed by atoms with Gasteiger partial charge >= 0.3 is 14.7 Å². The van der Waals surface area contributed by atoms with Crippen molar-refractivity contribution in [2.24, 2.45) is 11.8 Å². The lowest BCUT2D eigenvalue weighted by atomic mass is 9.72. The van der Waals surface area contributed by atoms with Crippen LogP contribution in [0.2, 0.25) is 11.1 Å². The highest BCUT2D eigenvalue weighted by Gasteiger charge is 2.49. The molecule has 0 spiro atoms. The molecule has 1 fully saturated rings. The van der Waals surface area contributed by atoms with Crippen molar-refractivity contribution in [2.75, 3.05) is 7.11 Å². The molecule has 1 saturated carbocycles. The first-order valence-electron chi connectivity index (χ1n) is 6.14. The second-order valence-corrected chi connectivity index (χ2v) is 9.37. The smallest absolute Gasteiger partial charge is 0.430 e. The van der Waals surface area contributed by atoms with Gasteiger partial charge in [0.2, 0.25) is 0 Å². The zero-order valence-corrected chi connectivity index (χ0v) is 12.1. The summed E-state index contributed by atoms with van der Waals surface area (Å²) in [7, 11) is -2.82. The van der Waals surface area contributed by atoms with Gasteiger partial charge in [-0.05, 0) is 31.2 Å². The van der Waals surface area contributed by atoms with E-state index in [1.54, 1.807) is 20.8 Å². The number of esters is 1. The molecule has 0 saturated heterocycles. The van der Waals surface area contributed by atoms with E-state index in [9.17, 15) is 13.0 Å². The summed E-state index contributed by atoms with van der Waals surface area (Å²) >= 11 is 0. The number of carbonyl (C=O) groups is 1. The Bertz CT molecular complexity index is 287. The van der Waals surface area contributed by atoms with Crippen molar-refractivity contribution in [3.63, 3.8) is 0 Å². The van der Waals surface area contributed by atoms with Crippen LogP contribution in [0.5, 0.6) is 0 Å². The fourth-order valence-electron chi connectivity index (χ4n) is 2.12. The van der Waals surface area contributed by atoms with Crippen molar-refractivity contribution < 1.29 is 17.7 Å². The highest BCUT2D eigenvalue weighted by molar-refractivity contribution is 6.69. The Hall–Kier alpha value is -0.453. The normalized spacial score (nSPS) is 25.3. The summed E-state index contributed by atoms with van der Waals surface area (Å²) in [5.74, 6) is -0.255. The van der Waals surface area contributed by atoms with Gasteiger partial charge in [-0.25, -0.2) is 0 Å². The van der Waals surface area contributed by atoms with E-state index in [0.717, 1.165) is 12.8 Å². The minimum absolute atomic E-state index is 0.00530. The van der Waals surface area contributed by atoms with E-state index in [1.807, 2.05) is 0 Å². The van der Waals surface area contributed by atoms with E-state index < -0.39 is 13.8 Å². The molecule has 5 heteroatoms. The Kier molecular flexibility index (Phi) is 4.33. The summed E-state index contributed by atoms with van der Waals surface area (Å²) in [4.78, 5) is 11.3. The van der Waals surface area contributed by atoms with Gasteiger partial charge in [0.1, 0.15) is 0 Å². The molecule has 0 radical (unpaired) electrons. The van der Waals surface area contributed by atoms with E-state index in [-0.39, 0.29) is 23.8 Å². The van der Waals surface area contributed by atoms with Gasteiger partial charge in [-0.2, -0.15) is 0 Å². The maximum Gasteiger partial charge on any atom is 0.430 e. The number of hydrogen-bond donors (Lipinski definition) is 0. The van der Waals surface area contributed by atoms with Gasteiger partial charge in [-0.3, -0.25) is 13.0 Å². The molecule has 1 aliphatic carbocycles. The van der Waals surface area contributed by atoms with Gasteiger partial charge in [0.25, 0.3) is 0 Å². The monoisotopic (exact) mass is 264 g/mol. The molecule has 2 atom stereocenters. The van der Waals surface area contributed by atoms with Gasteiger partial charge in [0.05, 0.1) is 13.0 Å². The van der Waals surface area contributed by atoms with E-state index in [4.69, 9.17) is 0 Å². The minimum atomic E-state index is -4.18. The second kappa shape index (κ2) is 5.04. The van der Waals surface area contributed by atoms with Crippen LogP contribution in [0.15, 0.2) is 0 Å². The number of methoxy groups -OCH3 is 1. The molecule has 17 heavy (non-hydrogen) atoms. The zero-order valence-electron chi connectivity index (χ0n) is 11.1. The average Bonchev–Trinajstić information content (AvgIpc) is 2.14. The molecule has 2 nitrogen and oxygen atoms in total. The number of rotatable bonds is 4. The Morgan fingerprint density at radius 1 is 1.35 bits per heavy atom. The highest BCUT2D eigenvalue weighted by Crippen LogP contribution is 2.45. The van der Waals surface area contributed by atoms with Gasteiger partial charge in [-0.15, -0.1) is 0 Å². The first-order valence-corrected chi connectivity index (χ1v) is 8.11. The lowest BCUT2D eigenvalue weighted by Crippen LogP contribution is -2.38. The Morgan fingerprint density at radius 2 is 1.94 bits per heavy atom. The predicted molar refractivity (Wildman–Crippen MR) is 65.3 cm³/mol. The van der Waals surface area contributed by atoms with E-state index in [2.05, 4.69) is 4.74 Å². The molecular formula is C12H22F2O2Si. The molecular weight excluding hydrogens is 242 g/mol. The first-order chi connectivity index (χ1) is 7.69. The standard InChI is InChI=1S/C12H22F2O2Si/c1-12(2,3)17(13,14)8-7-9-5-6-10(9)11(15)16-4/h9-10H,5-8H2,1-4H3. The quantitative estimate of drug-likeness (QED) is 0.439. The van der Waals surface area contributed by atoms with Crippen molar-refractivity contribution in [1.82, 2.24) is 0 Å². The minimum Gasteiger partial charge on any atom is -0.469 e. The fraction of sp³-hybridized carbons (Fsp3) is 0.917. The maximum absolute atomic E-state index is 13.9. The Labute approximate surface area is 103 Å². The zero-order chi connectivity index (χ0) is 13.3. The van der Waals surface area contributed by atoms with Crippen LogP contribution in [0.3, 0.4) is 0 Å². The number of carbonyl (C=O) groups excluding carboxylic acids is 1. The van der Waals surface area contributed by atoms with Crippen LogP contribution in [0.1, 0.15) is 40.0 Å². The average molecular weight is 264 g/mol. The summed E-state index contributed by atoms with van der Waals surface area (Å²) in [6, 6.07) is -0.00530. The van der Waals surface area contributed by atoms with Crippen LogP contribution in [0, 0.1) is 11.8 Å². The molecule has 0 aromatic carbocycles. The lowest BCUT2D eigenvalue weighted by molar-refractivity contribution is -0.151. The molecule has 1 aliphatic rings. The lowest BCUT2D eigenvalue weighted by Gasteiger charge is -2.36. The van der Waals surface area contributed by atoms with Gasteiger partial charge in [-0.1, -0.05) is 20.8 Å². The third-order valence-electron chi connectivity index (χ3n) is 3.85. The summed E-state index contributed by atoms with van der Waals surface area (Å²) < 4.78 is 32.4. The third kappa shape index (κ3) is 3.27. The predicted octanol–water partition coefficient (Wildman–Crippen LogP) is 3.76. The Balaban J connectivity index is 2.44.